The molecule has 0 aliphatic carbocycles. The van der Waals surface area contributed by atoms with Gasteiger partial charge in [-0.25, -0.2) is 13.2 Å². The van der Waals surface area contributed by atoms with Gasteiger partial charge in [-0.15, -0.1) is 0 Å². The average Bonchev–Trinajstić information content (AvgIpc) is 2.33. The molecule has 1 aromatic carbocycles. The minimum atomic E-state index is -3.57. The highest BCUT2D eigenvalue weighted by molar-refractivity contribution is 8.13. The summed E-state index contributed by atoms with van der Waals surface area (Å²) >= 11 is 0. The van der Waals surface area contributed by atoms with Crippen LogP contribution in [0, 0.1) is 0 Å². The fourth-order valence-electron chi connectivity index (χ4n) is 1.68. The number of methoxy groups -OCH3 is 1. The Morgan fingerprint density at radius 2 is 1.95 bits per heavy atom. The van der Waals surface area contributed by atoms with Crippen molar-refractivity contribution in [2.45, 2.75) is 32.8 Å². The Bertz CT molecular complexity index is 637. The maximum atomic E-state index is 11.7. The van der Waals surface area contributed by atoms with E-state index in [1.165, 1.54) is 7.11 Å². The van der Waals surface area contributed by atoms with Crippen LogP contribution in [-0.2, 0) is 20.2 Å². The van der Waals surface area contributed by atoms with Gasteiger partial charge in [0.05, 0.1) is 12.9 Å². The minimum Gasteiger partial charge on any atom is -0.496 e. The Morgan fingerprint density at radius 1 is 1.32 bits per heavy atom. The molecule has 0 aromatic heterocycles. The van der Waals surface area contributed by atoms with Gasteiger partial charge in [0.25, 0.3) is 0 Å². The topological polar surface area (TPSA) is 81.7 Å². The first-order chi connectivity index (χ1) is 10.00. The number of benzene rings is 1. The molecule has 1 rings (SSSR count). The summed E-state index contributed by atoms with van der Waals surface area (Å²) in [6.45, 7) is 5.30. The quantitative estimate of drug-likeness (QED) is 0.826. The number of hydrogen-bond donors (Lipinski definition) is 1. The van der Waals surface area contributed by atoms with Crippen molar-refractivity contribution in [3.8, 4) is 5.75 Å². The van der Waals surface area contributed by atoms with E-state index in [0.29, 0.717) is 17.0 Å². The maximum Gasteiger partial charge on any atom is 0.412 e. The molecule has 124 valence electrons. The Balaban J connectivity index is 2.82. The molecule has 6 nitrogen and oxygen atoms in total. The number of ether oxygens (including phenoxy) is 2. The highest BCUT2D eigenvalue weighted by atomic mass is 35.7. The monoisotopic (exact) mass is 349 g/mol. The van der Waals surface area contributed by atoms with Gasteiger partial charge < -0.3 is 9.47 Å². The SMILES string of the molecule is COc1cc(NC(=O)OC(C)(C)C)ccc1CCS(=O)(=O)Cl. The van der Waals surface area contributed by atoms with Crippen molar-refractivity contribution in [2.75, 3.05) is 18.2 Å². The van der Waals surface area contributed by atoms with Gasteiger partial charge in [0.15, 0.2) is 0 Å². The molecule has 0 heterocycles. The molecule has 0 radical (unpaired) electrons. The van der Waals surface area contributed by atoms with Gasteiger partial charge in [0.2, 0.25) is 9.05 Å². The Labute approximate surface area is 135 Å². The first-order valence-electron chi connectivity index (χ1n) is 6.59. The molecular formula is C14H20ClNO5S. The fourth-order valence-corrected chi connectivity index (χ4v) is 2.38. The molecule has 0 bridgehead atoms. The van der Waals surface area contributed by atoms with Crippen LogP contribution in [0.4, 0.5) is 10.5 Å². The van der Waals surface area contributed by atoms with Gasteiger partial charge in [-0.3, -0.25) is 5.32 Å². The lowest BCUT2D eigenvalue weighted by atomic mass is 10.1. The van der Waals surface area contributed by atoms with Crippen LogP contribution in [-0.4, -0.2) is 33.0 Å². The molecule has 1 N–H and O–H groups in total. The van der Waals surface area contributed by atoms with E-state index in [2.05, 4.69) is 5.32 Å². The predicted molar refractivity (Wildman–Crippen MR) is 86.2 cm³/mol. The minimum absolute atomic E-state index is 0.191. The first kappa shape index (κ1) is 18.6. The molecule has 1 amide bonds. The second-order valence-corrected chi connectivity index (χ2v) is 8.54. The highest BCUT2D eigenvalue weighted by Gasteiger charge is 2.17. The van der Waals surface area contributed by atoms with Crippen LogP contribution in [0.1, 0.15) is 26.3 Å². The second-order valence-electron chi connectivity index (χ2n) is 5.65. The molecular weight excluding hydrogens is 330 g/mol. The highest BCUT2D eigenvalue weighted by Crippen LogP contribution is 2.24. The maximum absolute atomic E-state index is 11.7. The van der Waals surface area contributed by atoms with Crippen molar-refractivity contribution in [1.82, 2.24) is 0 Å². The van der Waals surface area contributed by atoms with E-state index in [0.717, 1.165) is 0 Å². The average molecular weight is 350 g/mol. The standard InChI is InChI=1S/C14H20ClNO5S/c1-14(2,3)21-13(17)16-11-6-5-10(12(9-11)20-4)7-8-22(15,18)19/h5-6,9H,7-8H2,1-4H3,(H,16,17). The molecule has 0 saturated heterocycles. The van der Waals surface area contributed by atoms with Crippen molar-refractivity contribution in [3.05, 3.63) is 23.8 Å². The number of carbonyl (C=O) groups excluding carboxylic acids is 1. The second kappa shape index (κ2) is 7.19. The smallest absolute Gasteiger partial charge is 0.412 e. The van der Waals surface area contributed by atoms with Crippen LogP contribution in [0.25, 0.3) is 0 Å². The molecule has 8 heteroatoms. The van der Waals surface area contributed by atoms with Gasteiger partial charge in [-0.05, 0) is 38.8 Å². The zero-order valence-corrected chi connectivity index (χ0v) is 14.5. The molecule has 22 heavy (non-hydrogen) atoms. The van der Waals surface area contributed by atoms with E-state index in [4.69, 9.17) is 20.2 Å². The third-order valence-corrected chi connectivity index (χ3v) is 3.70. The summed E-state index contributed by atoms with van der Waals surface area (Å²) in [6.07, 6.45) is -0.354. The van der Waals surface area contributed by atoms with E-state index >= 15 is 0 Å². The third kappa shape index (κ3) is 7.00. The normalized spacial score (nSPS) is 11.9. The van der Waals surface area contributed by atoms with Crippen LogP contribution in [0.15, 0.2) is 18.2 Å². The summed E-state index contributed by atoms with van der Waals surface area (Å²) in [5.74, 6) is 0.276. The number of nitrogens with one attached hydrogen (secondary N) is 1. The first-order valence-corrected chi connectivity index (χ1v) is 9.07. The summed E-state index contributed by atoms with van der Waals surface area (Å²) in [5.41, 5.74) is 0.577. The largest absolute Gasteiger partial charge is 0.496 e. The lowest BCUT2D eigenvalue weighted by Crippen LogP contribution is -2.27. The van der Waals surface area contributed by atoms with E-state index < -0.39 is 20.7 Å². The molecule has 0 aliphatic heterocycles. The lowest BCUT2D eigenvalue weighted by molar-refractivity contribution is 0.0636. The number of rotatable bonds is 5. The van der Waals surface area contributed by atoms with Gasteiger partial charge in [-0.1, -0.05) is 6.07 Å². The summed E-state index contributed by atoms with van der Waals surface area (Å²) in [7, 11) is 3.09. The molecule has 0 fully saturated rings. The van der Waals surface area contributed by atoms with Gasteiger partial charge in [0.1, 0.15) is 11.4 Å². The van der Waals surface area contributed by atoms with Crippen LogP contribution in [0.2, 0.25) is 0 Å². The van der Waals surface area contributed by atoms with Gasteiger partial charge in [0, 0.05) is 22.4 Å². The number of carbonyl (C=O) groups is 1. The molecule has 0 spiro atoms. The van der Waals surface area contributed by atoms with E-state index in [-0.39, 0.29) is 12.2 Å². The van der Waals surface area contributed by atoms with Gasteiger partial charge >= 0.3 is 6.09 Å². The molecule has 0 atom stereocenters. The van der Waals surface area contributed by atoms with E-state index in [1.54, 1.807) is 39.0 Å². The molecule has 0 saturated carbocycles. The Kier molecular flexibility index (Phi) is 6.08. The zero-order valence-electron chi connectivity index (χ0n) is 13.0. The number of anilines is 1. The number of halogens is 1. The zero-order chi connectivity index (χ0) is 17.0. The lowest BCUT2D eigenvalue weighted by Gasteiger charge is -2.20. The molecule has 1 aromatic rings. The Morgan fingerprint density at radius 3 is 2.45 bits per heavy atom. The van der Waals surface area contributed by atoms with Crippen LogP contribution < -0.4 is 10.1 Å². The number of hydrogen-bond acceptors (Lipinski definition) is 5. The van der Waals surface area contributed by atoms with Crippen LogP contribution in [0.5, 0.6) is 5.75 Å². The van der Waals surface area contributed by atoms with Crippen LogP contribution >= 0.6 is 10.7 Å². The summed E-state index contributed by atoms with van der Waals surface area (Å²) < 4.78 is 32.4. The van der Waals surface area contributed by atoms with Gasteiger partial charge in [-0.2, -0.15) is 0 Å². The summed E-state index contributed by atoms with van der Waals surface area (Å²) in [6, 6.07) is 4.91. The van der Waals surface area contributed by atoms with Crippen molar-refractivity contribution in [1.29, 1.82) is 0 Å². The third-order valence-electron chi connectivity index (χ3n) is 2.55. The van der Waals surface area contributed by atoms with Crippen molar-refractivity contribution >= 4 is 31.5 Å². The number of amides is 1. The van der Waals surface area contributed by atoms with E-state index in [9.17, 15) is 13.2 Å². The number of aryl methyl sites for hydroxylation is 1. The van der Waals surface area contributed by atoms with Crippen molar-refractivity contribution < 1.29 is 22.7 Å². The van der Waals surface area contributed by atoms with Crippen molar-refractivity contribution in [2.24, 2.45) is 0 Å². The summed E-state index contributed by atoms with van der Waals surface area (Å²) in [5, 5.41) is 2.59. The van der Waals surface area contributed by atoms with Crippen LogP contribution in [0.3, 0.4) is 0 Å². The fraction of sp³-hybridized carbons (Fsp3) is 0.500. The van der Waals surface area contributed by atoms with E-state index in [1.807, 2.05) is 0 Å². The Hall–Kier alpha value is -1.47. The summed E-state index contributed by atoms with van der Waals surface area (Å²) in [4.78, 5) is 11.7. The molecule has 0 aliphatic rings. The van der Waals surface area contributed by atoms with Crippen molar-refractivity contribution in [3.63, 3.8) is 0 Å². The predicted octanol–water partition coefficient (Wildman–Crippen LogP) is 3.15. The molecule has 0 unspecified atom stereocenters.